The van der Waals surface area contributed by atoms with E-state index in [1.807, 2.05) is 115 Å². The molecule has 286 valence electrons. The molecule has 0 aliphatic rings. The Morgan fingerprint density at radius 1 is 0.410 bits per heavy atom. The summed E-state index contributed by atoms with van der Waals surface area (Å²) in [6, 6.07) is 53.4. The molecule has 0 aliphatic carbocycles. The number of para-hydroxylation sites is 4. The first-order valence-corrected chi connectivity index (χ1v) is 20.1. The van der Waals surface area contributed by atoms with Crippen LogP contribution in [0.4, 0.5) is 17.1 Å². The minimum Gasteiger partial charge on any atom is -0.455 e. The highest BCUT2D eigenvalue weighted by Gasteiger charge is 2.20. The Kier molecular flexibility index (Phi) is 6.28. The van der Waals surface area contributed by atoms with Crippen molar-refractivity contribution in [3.63, 3.8) is 0 Å². The summed E-state index contributed by atoms with van der Waals surface area (Å²) in [5.74, 6) is 0. The van der Waals surface area contributed by atoms with E-state index in [4.69, 9.17) is 11.3 Å². The molecule has 2 aromatic heterocycles. The van der Waals surface area contributed by atoms with E-state index in [0.29, 0.717) is 17.0 Å². The van der Waals surface area contributed by atoms with Crippen LogP contribution in [0.3, 0.4) is 0 Å². The molecular weight excluding hydrogens is 741 g/mol. The second-order valence-electron chi connectivity index (χ2n) is 15.0. The molecule has 0 saturated heterocycles. The van der Waals surface area contributed by atoms with Gasteiger partial charge in [0.15, 0.2) is 0 Å². The molecule has 61 heavy (non-hydrogen) atoms. The highest BCUT2D eigenvalue weighted by molar-refractivity contribution is 6.16. The van der Waals surface area contributed by atoms with Gasteiger partial charge < -0.3 is 13.9 Å². The maximum atomic E-state index is 9.68. The Labute approximate surface area is 366 Å². The molecule has 0 N–H and O–H groups in total. The largest absolute Gasteiger partial charge is 0.455 e. The third-order valence-corrected chi connectivity index (χ3v) is 11.6. The van der Waals surface area contributed by atoms with Crippen molar-refractivity contribution >= 4 is 71.6 Å². The highest BCUT2D eigenvalue weighted by atomic mass is 16.3. The zero-order valence-electron chi connectivity index (χ0n) is 41.5. The molecule has 0 bridgehead atoms. The lowest BCUT2D eigenvalue weighted by molar-refractivity contribution is 0.672. The summed E-state index contributed by atoms with van der Waals surface area (Å²) in [6.45, 7) is 0. The zero-order valence-corrected chi connectivity index (χ0v) is 32.5. The van der Waals surface area contributed by atoms with Crippen LogP contribution in [-0.2, 0) is 0 Å². The summed E-state index contributed by atoms with van der Waals surface area (Å²) in [5, 5.41) is 6.20. The molecule has 0 radical (unpaired) electrons. The number of hydrogen-bond acceptors (Lipinski definition) is 2. The van der Waals surface area contributed by atoms with Gasteiger partial charge in [0, 0.05) is 49.4 Å². The standard InChI is InChI=1S/C58H38N2O/c1-2-14-39(15-3-1)40-26-32-44(33-27-40)59(53-22-10-7-18-47(53)43-31-37-57-52(38-43)51-36-30-41-16-4-5-19-48(41)58(51)61-57)45-34-28-42(29-35-45)46-17-6-11-23-54(46)60-55-24-12-8-20-49(55)50-21-9-13-25-56(50)60/h1-38H/i1D,2D,3D,14D,15D,26D,27D,32D,33D. The molecule has 0 atom stereocenters. The SMILES string of the molecule is [2H]c1c([2H])c([2H])c(-c2c([2H])c([2H])c(N(c3ccc(-c4ccccc4-n4c5ccccc5c5ccccc54)cc3)c3ccccc3-c3ccc4oc5c6ccccc6ccc5c4c3)c([2H])c2[2H])c([2H])c1[2H]. The van der Waals surface area contributed by atoms with Crippen LogP contribution in [0, 0.1) is 0 Å². The second kappa shape index (κ2) is 14.3. The number of hydrogen-bond donors (Lipinski definition) is 0. The Morgan fingerprint density at radius 2 is 1.03 bits per heavy atom. The van der Waals surface area contributed by atoms with Gasteiger partial charge in [0.2, 0.25) is 0 Å². The first-order valence-electron chi connectivity index (χ1n) is 24.6. The molecule has 3 heteroatoms. The van der Waals surface area contributed by atoms with Gasteiger partial charge in [-0.3, -0.25) is 0 Å². The van der Waals surface area contributed by atoms with Crippen LogP contribution >= 0.6 is 0 Å². The number of nitrogens with zero attached hydrogens (tertiary/aromatic N) is 2. The van der Waals surface area contributed by atoms with Crippen LogP contribution < -0.4 is 4.90 Å². The van der Waals surface area contributed by atoms with E-state index in [1.165, 1.54) is 0 Å². The molecule has 2 heterocycles. The van der Waals surface area contributed by atoms with Gasteiger partial charge in [0.05, 0.1) is 34.7 Å². The van der Waals surface area contributed by atoms with Crippen LogP contribution in [-0.4, -0.2) is 4.57 Å². The van der Waals surface area contributed by atoms with Crippen molar-refractivity contribution in [3.8, 4) is 39.1 Å². The summed E-state index contributed by atoms with van der Waals surface area (Å²) >= 11 is 0. The Morgan fingerprint density at radius 3 is 1.80 bits per heavy atom. The third kappa shape index (κ3) is 5.82. The maximum Gasteiger partial charge on any atom is 0.143 e. The zero-order chi connectivity index (χ0) is 48.1. The van der Waals surface area contributed by atoms with Crippen molar-refractivity contribution in [2.45, 2.75) is 0 Å². The lowest BCUT2D eigenvalue weighted by Gasteiger charge is -2.28. The van der Waals surface area contributed by atoms with Gasteiger partial charge in [0.1, 0.15) is 11.2 Å². The summed E-state index contributed by atoms with van der Waals surface area (Å²) in [7, 11) is 0. The van der Waals surface area contributed by atoms with Crippen molar-refractivity contribution in [1.29, 1.82) is 0 Å². The van der Waals surface area contributed by atoms with Gasteiger partial charge in [-0.05, 0) is 94.3 Å². The van der Waals surface area contributed by atoms with Gasteiger partial charge in [-0.25, -0.2) is 0 Å². The first-order chi connectivity index (χ1) is 34.0. The van der Waals surface area contributed by atoms with Crippen LogP contribution in [0.1, 0.15) is 12.3 Å². The van der Waals surface area contributed by atoms with Gasteiger partial charge in [-0.1, -0.05) is 164 Å². The second-order valence-corrected chi connectivity index (χ2v) is 15.0. The number of benzene rings is 10. The fraction of sp³-hybridized carbons (Fsp3) is 0. The van der Waals surface area contributed by atoms with Gasteiger partial charge >= 0.3 is 0 Å². The summed E-state index contributed by atoms with van der Waals surface area (Å²) in [6.07, 6.45) is 0. The third-order valence-electron chi connectivity index (χ3n) is 11.6. The van der Waals surface area contributed by atoms with E-state index >= 15 is 0 Å². The molecule has 0 aliphatic heterocycles. The lowest BCUT2D eigenvalue weighted by Crippen LogP contribution is -2.11. The van der Waals surface area contributed by atoms with Crippen LogP contribution in [0.2, 0.25) is 0 Å². The Bertz CT molecular complexity index is 4030. The molecular formula is C58H38N2O. The molecule has 12 rings (SSSR count). The molecule has 0 amide bonds. The van der Waals surface area contributed by atoms with Gasteiger partial charge in [-0.2, -0.15) is 0 Å². The predicted octanol–water partition coefficient (Wildman–Crippen LogP) is 16.3. The monoisotopic (exact) mass is 787 g/mol. The molecule has 0 spiro atoms. The summed E-state index contributed by atoms with van der Waals surface area (Å²) in [5.41, 5.74) is 8.23. The van der Waals surface area contributed by atoms with Crippen molar-refractivity contribution in [2.24, 2.45) is 0 Å². The lowest BCUT2D eigenvalue weighted by atomic mass is 9.98. The van der Waals surface area contributed by atoms with E-state index in [-0.39, 0.29) is 11.3 Å². The predicted molar refractivity (Wildman–Crippen MR) is 257 cm³/mol. The van der Waals surface area contributed by atoms with Crippen LogP contribution in [0.25, 0.3) is 93.6 Å². The van der Waals surface area contributed by atoms with Crippen LogP contribution in [0.5, 0.6) is 0 Å². The normalized spacial score (nSPS) is 13.7. The Hall–Kier alpha value is -8.14. The smallest absolute Gasteiger partial charge is 0.143 e. The fourth-order valence-corrected chi connectivity index (χ4v) is 8.78. The van der Waals surface area contributed by atoms with E-state index < -0.39 is 59.9 Å². The van der Waals surface area contributed by atoms with Gasteiger partial charge in [0.25, 0.3) is 0 Å². The highest BCUT2D eigenvalue weighted by Crippen LogP contribution is 2.44. The molecule has 0 fully saturated rings. The number of fused-ring (bicyclic) bond motifs is 8. The maximum absolute atomic E-state index is 9.68. The number of anilines is 3. The summed E-state index contributed by atoms with van der Waals surface area (Å²) < 4.78 is 89.3. The van der Waals surface area contributed by atoms with Crippen molar-refractivity contribution < 1.29 is 16.8 Å². The minimum atomic E-state index is -0.636. The average Bonchev–Trinajstić information content (AvgIpc) is 3.95. The van der Waals surface area contributed by atoms with Crippen molar-refractivity contribution in [3.05, 3.63) is 230 Å². The number of rotatable bonds is 7. The molecule has 0 saturated carbocycles. The van der Waals surface area contributed by atoms with E-state index in [2.05, 4.69) is 65.2 Å². The topological polar surface area (TPSA) is 21.3 Å². The fourth-order valence-electron chi connectivity index (χ4n) is 8.78. The first kappa shape index (κ1) is 26.8. The van der Waals surface area contributed by atoms with E-state index in [9.17, 15) is 5.48 Å². The number of aromatic nitrogens is 1. The van der Waals surface area contributed by atoms with Crippen molar-refractivity contribution in [2.75, 3.05) is 4.90 Å². The minimum absolute atomic E-state index is 0.0849. The summed E-state index contributed by atoms with van der Waals surface area (Å²) in [4.78, 5) is 1.72. The quantitative estimate of drug-likeness (QED) is 0.160. The molecule has 12 aromatic rings. The number of furan rings is 1. The molecule has 3 nitrogen and oxygen atoms in total. The van der Waals surface area contributed by atoms with Crippen LogP contribution in [0.15, 0.2) is 235 Å². The van der Waals surface area contributed by atoms with Crippen molar-refractivity contribution in [1.82, 2.24) is 4.57 Å². The average molecular weight is 788 g/mol. The van der Waals surface area contributed by atoms with Gasteiger partial charge in [-0.15, -0.1) is 0 Å². The Balaban J connectivity index is 1.07. The van der Waals surface area contributed by atoms with E-state index in [1.54, 1.807) is 4.90 Å². The molecule has 10 aromatic carbocycles. The van der Waals surface area contributed by atoms with E-state index in [0.717, 1.165) is 76.9 Å². The molecule has 0 unspecified atom stereocenters.